The van der Waals surface area contributed by atoms with E-state index in [1.165, 1.54) is 23.1 Å². The lowest BCUT2D eigenvalue weighted by atomic mass is 9.99. The fraction of sp³-hybridized carbons (Fsp3) is 0.312. The van der Waals surface area contributed by atoms with Gasteiger partial charge in [0.1, 0.15) is 16.2 Å². The lowest BCUT2D eigenvalue weighted by Crippen LogP contribution is -2.54. The van der Waals surface area contributed by atoms with Gasteiger partial charge in [0.15, 0.2) is 11.5 Å². The number of hydrogen-bond acceptors (Lipinski definition) is 7. The van der Waals surface area contributed by atoms with Gasteiger partial charge in [0.2, 0.25) is 6.79 Å². The van der Waals surface area contributed by atoms with E-state index in [9.17, 15) is 14.7 Å². The summed E-state index contributed by atoms with van der Waals surface area (Å²) in [4.78, 5) is 28.4. The molecule has 0 bridgehead atoms. The average molecular weight is 378 g/mol. The molecule has 2 aliphatic rings. The predicted octanol–water partition coefficient (Wildman–Crippen LogP) is 2.23. The third-order valence-corrected chi connectivity index (χ3v) is 6.22. The van der Waals surface area contributed by atoms with Gasteiger partial charge in [0.25, 0.3) is 5.91 Å². The normalized spacial score (nSPS) is 21.3. The summed E-state index contributed by atoms with van der Waals surface area (Å²) in [6.45, 7) is 0.194. The number of carboxylic acid groups (broad SMARTS) is 1. The third kappa shape index (κ3) is 2.93. The van der Waals surface area contributed by atoms with Crippen LogP contribution in [0.1, 0.15) is 16.9 Å². The van der Waals surface area contributed by atoms with Crippen molar-refractivity contribution in [2.24, 2.45) is 0 Å². The highest BCUT2D eigenvalue weighted by Gasteiger charge is 2.43. The molecule has 2 aliphatic heterocycles. The second-order valence-electron chi connectivity index (χ2n) is 5.75. The van der Waals surface area contributed by atoms with E-state index in [1.807, 2.05) is 12.1 Å². The van der Waals surface area contributed by atoms with Crippen molar-refractivity contribution >= 4 is 35.0 Å². The minimum Gasteiger partial charge on any atom is -0.479 e. The molecule has 7 nitrogen and oxygen atoms in total. The summed E-state index contributed by atoms with van der Waals surface area (Å²) in [6, 6.07) is 5.46. The number of amides is 1. The molecule has 0 saturated carbocycles. The molecule has 2 aromatic rings. The molecule has 1 saturated heterocycles. The van der Waals surface area contributed by atoms with Crippen molar-refractivity contribution in [3.8, 4) is 22.1 Å². The smallest absolute Gasteiger partial charge is 0.330 e. The number of nitrogens with one attached hydrogen (secondary N) is 1. The van der Waals surface area contributed by atoms with Crippen LogP contribution in [0.5, 0.6) is 11.5 Å². The Balaban J connectivity index is 1.55. The number of benzene rings is 1. The molecule has 0 aliphatic carbocycles. The van der Waals surface area contributed by atoms with Gasteiger partial charge >= 0.3 is 5.97 Å². The molecule has 1 fully saturated rings. The molecule has 1 atom stereocenters. The van der Waals surface area contributed by atoms with Gasteiger partial charge in [0.05, 0.1) is 0 Å². The van der Waals surface area contributed by atoms with Crippen molar-refractivity contribution in [1.29, 1.82) is 0 Å². The summed E-state index contributed by atoms with van der Waals surface area (Å²) < 4.78 is 10.6. The van der Waals surface area contributed by atoms with Gasteiger partial charge in [-0.05, 0) is 30.4 Å². The number of hydrogen-bond donors (Lipinski definition) is 2. The molecule has 0 radical (unpaired) electrons. The summed E-state index contributed by atoms with van der Waals surface area (Å²) in [7, 11) is 0. The van der Waals surface area contributed by atoms with E-state index in [4.69, 9.17) is 9.47 Å². The van der Waals surface area contributed by atoms with Crippen molar-refractivity contribution < 1.29 is 24.2 Å². The zero-order valence-corrected chi connectivity index (χ0v) is 14.6. The van der Waals surface area contributed by atoms with E-state index in [0.717, 1.165) is 5.56 Å². The maximum Gasteiger partial charge on any atom is 0.330 e. The third-order valence-electron chi connectivity index (χ3n) is 4.14. The van der Waals surface area contributed by atoms with Crippen molar-refractivity contribution in [2.45, 2.75) is 12.0 Å². The van der Waals surface area contributed by atoms with Gasteiger partial charge in [-0.1, -0.05) is 0 Å². The summed E-state index contributed by atoms with van der Waals surface area (Å²) in [5.74, 6) is 0.941. The van der Waals surface area contributed by atoms with Crippen molar-refractivity contribution in [3.63, 3.8) is 0 Å². The Kier molecular flexibility index (Phi) is 4.04. The van der Waals surface area contributed by atoms with Crippen LogP contribution in [0, 0.1) is 0 Å². The molecule has 1 amide bonds. The highest BCUT2D eigenvalue weighted by atomic mass is 32.2. The number of carbonyl (C=O) groups excluding carboxylic acids is 1. The molecule has 1 aromatic carbocycles. The summed E-state index contributed by atoms with van der Waals surface area (Å²) in [6.07, 6.45) is 0.415. The second-order valence-corrected chi connectivity index (χ2v) is 7.71. The van der Waals surface area contributed by atoms with Crippen LogP contribution in [0.3, 0.4) is 0 Å². The predicted molar refractivity (Wildman–Crippen MR) is 93.4 cm³/mol. The number of ether oxygens (including phenoxy) is 2. The Morgan fingerprint density at radius 3 is 2.88 bits per heavy atom. The van der Waals surface area contributed by atoms with Crippen LogP contribution in [0.2, 0.25) is 0 Å². The first-order valence-electron chi connectivity index (χ1n) is 7.57. The van der Waals surface area contributed by atoms with Crippen LogP contribution in [-0.2, 0) is 4.79 Å². The van der Waals surface area contributed by atoms with Gasteiger partial charge in [-0.2, -0.15) is 11.8 Å². The Bertz CT molecular complexity index is 845. The number of aromatic nitrogens is 1. The molecule has 2 N–H and O–H groups in total. The number of thioether (sulfide) groups is 1. The average Bonchev–Trinajstić information content (AvgIpc) is 3.34. The maximum atomic E-state index is 12.5. The standard InChI is InChI=1S/C16H14N2O5S2/c19-13(18-16(15(20)21)3-4-24-7-16)10-6-25-14(17-10)9-1-2-11-12(5-9)23-8-22-11/h1-2,5-6H,3-4,7-8H2,(H,18,19)(H,20,21). The summed E-state index contributed by atoms with van der Waals surface area (Å²) >= 11 is 2.84. The molecule has 1 aromatic heterocycles. The topological polar surface area (TPSA) is 97.8 Å². The zero-order valence-electron chi connectivity index (χ0n) is 13.0. The number of fused-ring (bicyclic) bond motifs is 1. The van der Waals surface area contributed by atoms with E-state index < -0.39 is 17.4 Å². The Hall–Kier alpha value is -2.26. The first-order valence-corrected chi connectivity index (χ1v) is 9.60. The lowest BCUT2D eigenvalue weighted by Gasteiger charge is -2.23. The number of aliphatic carboxylic acids is 1. The molecular weight excluding hydrogens is 364 g/mol. The largest absolute Gasteiger partial charge is 0.479 e. The van der Waals surface area contributed by atoms with Crippen LogP contribution in [0.4, 0.5) is 0 Å². The molecule has 4 rings (SSSR count). The first kappa shape index (κ1) is 16.2. The highest BCUT2D eigenvalue weighted by Crippen LogP contribution is 2.36. The Morgan fingerprint density at radius 2 is 2.12 bits per heavy atom. The number of rotatable bonds is 4. The van der Waals surface area contributed by atoms with Gasteiger partial charge in [-0.3, -0.25) is 4.79 Å². The first-order chi connectivity index (χ1) is 12.1. The van der Waals surface area contributed by atoms with E-state index >= 15 is 0 Å². The fourth-order valence-corrected chi connectivity index (χ4v) is 4.83. The number of carbonyl (C=O) groups is 2. The Labute approximate surface area is 151 Å². The molecule has 3 heterocycles. The van der Waals surface area contributed by atoms with Crippen LogP contribution in [-0.4, -0.2) is 45.8 Å². The molecule has 25 heavy (non-hydrogen) atoms. The van der Waals surface area contributed by atoms with E-state index in [2.05, 4.69) is 10.3 Å². The summed E-state index contributed by atoms with van der Waals surface area (Å²) in [5.41, 5.74) is -0.169. The Morgan fingerprint density at radius 1 is 1.28 bits per heavy atom. The lowest BCUT2D eigenvalue weighted by molar-refractivity contribution is -0.143. The monoisotopic (exact) mass is 378 g/mol. The number of carboxylic acids is 1. The van der Waals surface area contributed by atoms with E-state index in [-0.39, 0.29) is 12.5 Å². The van der Waals surface area contributed by atoms with E-state index in [1.54, 1.807) is 11.4 Å². The minimum atomic E-state index is -1.20. The van der Waals surface area contributed by atoms with Crippen molar-refractivity contribution in [2.75, 3.05) is 18.3 Å². The minimum absolute atomic E-state index is 0.194. The molecule has 1 unspecified atom stereocenters. The molecule has 9 heteroatoms. The maximum absolute atomic E-state index is 12.5. The zero-order chi connectivity index (χ0) is 17.4. The second kappa shape index (κ2) is 6.23. The van der Waals surface area contributed by atoms with Crippen LogP contribution in [0.25, 0.3) is 10.6 Å². The molecule has 0 spiro atoms. The van der Waals surface area contributed by atoms with Crippen LogP contribution in [0.15, 0.2) is 23.6 Å². The van der Waals surface area contributed by atoms with Gasteiger partial charge in [-0.25, -0.2) is 9.78 Å². The highest BCUT2D eigenvalue weighted by molar-refractivity contribution is 7.99. The van der Waals surface area contributed by atoms with E-state index in [0.29, 0.717) is 34.4 Å². The molecule has 130 valence electrons. The van der Waals surface area contributed by atoms with Gasteiger partial charge in [-0.15, -0.1) is 11.3 Å². The quantitative estimate of drug-likeness (QED) is 0.842. The molecular formula is C16H14N2O5S2. The van der Waals surface area contributed by atoms with Crippen molar-refractivity contribution in [3.05, 3.63) is 29.3 Å². The SMILES string of the molecule is O=C(NC1(C(=O)O)CCSC1)c1csc(-c2ccc3c(c2)OCO3)n1. The number of nitrogens with zero attached hydrogens (tertiary/aromatic N) is 1. The van der Waals surface area contributed by atoms with Gasteiger partial charge in [0, 0.05) is 16.7 Å². The van der Waals surface area contributed by atoms with Gasteiger partial charge < -0.3 is 19.9 Å². The fourth-order valence-electron chi connectivity index (χ4n) is 2.71. The summed E-state index contributed by atoms with van der Waals surface area (Å²) in [5, 5.41) is 14.4. The number of thiazole rings is 1. The van der Waals surface area contributed by atoms with Crippen molar-refractivity contribution in [1.82, 2.24) is 10.3 Å². The van der Waals surface area contributed by atoms with Crippen LogP contribution >= 0.6 is 23.1 Å². The van der Waals surface area contributed by atoms with Crippen LogP contribution < -0.4 is 14.8 Å².